The molecule has 0 saturated carbocycles. The molecule has 1 aliphatic rings. The third-order valence-corrected chi connectivity index (χ3v) is 3.29. The summed E-state index contributed by atoms with van der Waals surface area (Å²) in [5, 5.41) is 3.50. The van der Waals surface area contributed by atoms with Crippen molar-refractivity contribution in [2.45, 2.75) is 20.3 Å². The Morgan fingerprint density at radius 2 is 1.83 bits per heavy atom. The second-order valence-corrected chi connectivity index (χ2v) is 5.72. The van der Waals surface area contributed by atoms with E-state index in [1.807, 2.05) is 0 Å². The number of piperazine rings is 1. The van der Waals surface area contributed by atoms with Crippen LogP contribution in [0.25, 0.3) is 0 Å². The molecule has 1 fully saturated rings. The lowest BCUT2D eigenvalue weighted by atomic mass is 10.2. The number of rotatable bonds is 9. The zero-order chi connectivity index (χ0) is 13.2. The van der Waals surface area contributed by atoms with Crippen molar-refractivity contribution in [3.63, 3.8) is 0 Å². The van der Waals surface area contributed by atoms with Crippen LogP contribution in [-0.2, 0) is 4.74 Å². The Bertz CT molecular complexity index is 191. The predicted octanol–water partition coefficient (Wildman–Crippen LogP) is 0.886. The van der Waals surface area contributed by atoms with Crippen molar-refractivity contribution in [2.24, 2.45) is 5.92 Å². The highest BCUT2D eigenvalue weighted by Crippen LogP contribution is 1.97. The summed E-state index contributed by atoms with van der Waals surface area (Å²) in [5.41, 5.74) is 0. The average Bonchev–Trinajstić information content (AvgIpc) is 2.34. The molecule has 0 aromatic carbocycles. The number of nitrogens with zero attached hydrogens (tertiary/aromatic N) is 2. The molecule has 108 valence electrons. The number of hydrogen-bond donors (Lipinski definition) is 1. The highest BCUT2D eigenvalue weighted by molar-refractivity contribution is 4.69. The van der Waals surface area contributed by atoms with E-state index in [4.69, 9.17) is 4.74 Å². The molecular weight excluding hydrogens is 226 g/mol. The summed E-state index contributed by atoms with van der Waals surface area (Å²) in [6, 6.07) is 0. The van der Waals surface area contributed by atoms with Gasteiger partial charge in [0.05, 0.1) is 0 Å². The standard InChI is InChI=1S/C14H31N3O/c1-14(2)13-18-12-4-5-15-6-7-17-10-8-16(3)9-11-17/h14-15H,4-13H2,1-3H3. The highest BCUT2D eigenvalue weighted by atomic mass is 16.5. The van der Waals surface area contributed by atoms with Crippen LogP contribution in [-0.4, -0.2) is 75.9 Å². The molecule has 0 aromatic heterocycles. The van der Waals surface area contributed by atoms with Gasteiger partial charge in [-0.25, -0.2) is 0 Å². The first kappa shape index (κ1) is 15.9. The fourth-order valence-electron chi connectivity index (χ4n) is 2.05. The normalized spacial score (nSPS) is 18.7. The fraction of sp³-hybridized carbons (Fsp3) is 1.00. The van der Waals surface area contributed by atoms with Crippen LogP contribution in [0.5, 0.6) is 0 Å². The number of ether oxygens (including phenoxy) is 1. The zero-order valence-electron chi connectivity index (χ0n) is 12.5. The van der Waals surface area contributed by atoms with Gasteiger partial charge in [-0.1, -0.05) is 13.8 Å². The van der Waals surface area contributed by atoms with Crippen LogP contribution in [0.1, 0.15) is 20.3 Å². The van der Waals surface area contributed by atoms with Crippen molar-refractivity contribution >= 4 is 0 Å². The quantitative estimate of drug-likeness (QED) is 0.621. The lowest BCUT2D eigenvalue weighted by Crippen LogP contribution is -2.46. The Balaban J connectivity index is 1.81. The monoisotopic (exact) mass is 257 g/mol. The second kappa shape index (κ2) is 9.73. The molecule has 1 aliphatic heterocycles. The maximum absolute atomic E-state index is 5.55. The van der Waals surface area contributed by atoms with Gasteiger partial charge in [0.25, 0.3) is 0 Å². The van der Waals surface area contributed by atoms with Gasteiger partial charge in [-0.15, -0.1) is 0 Å². The molecule has 18 heavy (non-hydrogen) atoms. The van der Waals surface area contributed by atoms with E-state index in [0.717, 1.165) is 32.7 Å². The Morgan fingerprint density at radius 3 is 2.50 bits per heavy atom. The summed E-state index contributed by atoms with van der Waals surface area (Å²) >= 11 is 0. The summed E-state index contributed by atoms with van der Waals surface area (Å²) < 4.78 is 5.55. The van der Waals surface area contributed by atoms with Crippen molar-refractivity contribution in [3.8, 4) is 0 Å². The van der Waals surface area contributed by atoms with Crippen LogP contribution in [0.2, 0.25) is 0 Å². The zero-order valence-corrected chi connectivity index (χ0v) is 12.5. The van der Waals surface area contributed by atoms with E-state index in [9.17, 15) is 0 Å². The van der Waals surface area contributed by atoms with Crippen LogP contribution < -0.4 is 5.32 Å². The van der Waals surface area contributed by atoms with Gasteiger partial charge in [-0.3, -0.25) is 4.90 Å². The van der Waals surface area contributed by atoms with Crippen LogP contribution in [0.4, 0.5) is 0 Å². The number of likely N-dealkylation sites (N-methyl/N-ethyl adjacent to an activating group) is 1. The molecule has 4 nitrogen and oxygen atoms in total. The van der Waals surface area contributed by atoms with Gasteiger partial charge in [0.1, 0.15) is 0 Å². The minimum absolute atomic E-state index is 0.648. The van der Waals surface area contributed by atoms with E-state index < -0.39 is 0 Å². The van der Waals surface area contributed by atoms with Crippen molar-refractivity contribution in [3.05, 3.63) is 0 Å². The van der Waals surface area contributed by atoms with Gasteiger partial charge in [0.2, 0.25) is 0 Å². The molecule has 1 N–H and O–H groups in total. The van der Waals surface area contributed by atoms with Crippen LogP contribution in [0.3, 0.4) is 0 Å². The maximum Gasteiger partial charge on any atom is 0.0489 e. The first-order valence-corrected chi connectivity index (χ1v) is 7.38. The summed E-state index contributed by atoms with van der Waals surface area (Å²) in [5.74, 6) is 0.648. The lowest BCUT2D eigenvalue weighted by molar-refractivity contribution is 0.107. The fourth-order valence-corrected chi connectivity index (χ4v) is 2.05. The second-order valence-electron chi connectivity index (χ2n) is 5.72. The van der Waals surface area contributed by atoms with E-state index in [0.29, 0.717) is 5.92 Å². The maximum atomic E-state index is 5.55. The molecule has 1 heterocycles. The topological polar surface area (TPSA) is 27.7 Å². The Kier molecular flexibility index (Phi) is 8.59. The van der Waals surface area contributed by atoms with E-state index in [2.05, 4.69) is 36.0 Å². The summed E-state index contributed by atoms with van der Waals surface area (Å²) in [7, 11) is 2.20. The average molecular weight is 257 g/mol. The lowest BCUT2D eigenvalue weighted by Gasteiger charge is -2.32. The molecular formula is C14H31N3O. The Hall–Kier alpha value is -0.160. The Morgan fingerprint density at radius 1 is 1.11 bits per heavy atom. The highest BCUT2D eigenvalue weighted by Gasteiger charge is 2.12. The van der Waals surface area contributed by atoms with Gasteiger partial charge in [-0.2, -0.15) is 0 Å². The number of nitrogens with one attached hydrogen (secondary N) is 1. The van der Waals surface area contributed by atoms with Gasteiger partial charge in [0, 0.05) is 52.5 Å². The third kappa shape index (κ3) is 8.03. The van der Waals surface area contributed by atoms with Crippen LogP contribution >= 0.6 is 0 Å². The van der Waals surface area contributed by atoms with E-state index in [-0.39, 0.29) is 0 Å². The van der Waals surface area contributed by atoms with Gasteiger partial charge < -0.3 is 15.0 Å². The number of hydrogen-bond acceptors (Lipinski definition) is 4. The summed E-state index contributed by atoms with van der Waals surface area (Å²) in [6.45, 7) is 14.4. The molecule has 0 aromatic rings. The summed E-state index contributed by atoms with van der Waals surface area (Å²) in [6.07, 6.45) is 1.12. The molecule has 1 saturated heterocycles. The first-order chi connectivity index (χ1) is 8.68. The summed E-state index contributed by atoms with van der Waals surface area (Å²) in [4.78, 5) is 4.94. The minimum atomic E-state index is 0.648. The van der Waals surface area contributed by atoms with Gasteiger partial charge in [-0.05, 0) is 25.9 Å². The molecule has 0 spiro atoms. The van der Waals surface area contributed by atoms with E-state index in [1.165, 1.54) is 32.7 Å². The van der Waals surface area contributed by atoms with Gasteiger partial charge >= 0.3 is 0 Å². The van der Waals surface area contributed by atoms with E-state index in [1.54, 1.807) is 0 Å². The molecule has 4 heteroatoms. The molecule has 1 rings (SSSR count). The van der Waals surface area contributed by atoms with Crippen molar-refractivity contribution in [2.75, 3.05) is 66.1 Å². The molecule has 0 radical (unpaired) electrons. The Labute approximate surface area is 113 Å². The molecule has 0 amide bonds. The largest absolute Gasteiger partial charge is 0.381 e. The van der Waals surface area contributed by atoms with Crippen molar-refractivity contribution < 1.29 is 4.74 Å². The third-order valence-electron chi connectivity index (χ3n) is 3.29. The van der Waals surface area contributed by atoms with Crippen LogP contribution in [0.15, 0.2) is 0 Å². The molecule has 0 unspecified atom stereocenters. The molecule has 0 bridgehead atoms. The smallest absolute Gasteiger partial charge is 0.0489 e. The molecule has 0 atom stereocenters. The minimum Gasteiger partial charge on any atom is -0.381 e. The predicted molar refractivity (Wildman–Crippen MR) is 77.1 cm³/mol. The first-order valence-electron chi connectivity index (χ1n) is 7.38. The van der Waals surface area contributed by atoms with Crippen molar-refractivity contribution in [1.82, 2.24) is 15.1 Å². The van der Waals surface area contributed by atoms with Crippen molar-refractivity contribution in [1.29, 1.82) is 0 Å². The molecule has 0 aliphatic carbocycles. The SMILES string of the molecule is CC(C)COCCCNCCN1CCN(C)CC1. The van der Waals surface area contributed by atoms with Gasteiger partial charge in [0.15, 0.2) is 0 Å². The van der Waals surface area contributed by atoms with Crippen LogP contribution in [0, 0.1) is 5.92 Å². The van der Waals surface area contributed by atoms with E-state index >= 15 is 0 Å².